The van der Waals surface area contributed by atoms with E-state index in [1.807, 2.05) is 4.90 Å². The molecule has 222 valence electrons. The summed E-state index contributed by atoms with van der Waals surface area (Å²) < 4.78 is 33.2. The summed E-state index contributed by atoms with van der Waals surface area (Å²) in [7, 11) is -3.87. The van der Waals surface area contributed by atoms with E-state index in [1.165, 1.54) is 28.5 Å². The number of halogens is 1. The number of amides is 3. The van der Waals surface area contributed by atoms with Gasteiger partial charge >= 0.3 is 0 Å². The van der Waals surface area contributed by atoms with Crippen LogP contribution in [0.15, 0.2) is 34.3 Å². The van der Waals surface area contributed by atoms with Crippen molar-refractivity contribution in [1.82, 2.24) is 29.5 Å². The van der Waals surface area contributed by atoms with Crippen LogP contribution in [0.3, 0.4) is 0 Å². The first-order chi connectivity index (χ1) is 19.7. The Balaban J connectivity index is 1.11. The molecule has 0 bridgehead atoms. The Morgan fingerprint density at radius 3 is 2.59 bits per heavy atom. The van der Waals surface area contributed by atoms with E-state index in [0.717, 1.165) is 18.2 Å². The molecular weight excluding hydrogens is 592 g/mol. The van der Waals surface area contributed by atoms with E-state index < -0.39 is 16.1 Å². The molecular formula is C26H33ClN6O6S2. The van der Waals surface area contributed by atoms with Gasteiger partial charge in [0, 0.05) is 68.2 Å². The van der Waals surface area contributed by atoms with Crippen molar-refractivity contribution in [3.63, 3.8) is 0 Å². The Morgan fingerprint density at radius 1 is 1.10 bits per heavy atom. The molecule has 0 radical (unpaired) electrons. The zero-order chi connectivity index (χ0) is 29.0. The minimum absolute atomic E-state index is 0.0316. The maximum absolute atomic E-state index is 13.3. The van der Waals surface area contributed by atoms with Crippen LogP contribution in [0.1, 0.15) is 41.1 Å². The summed E-state index contributed by atoms with van der Waals surface area (Å²) in [5, 5.41) is 4.63. The number of piperazine rings is 1. The number of rotatable bonds is 9. The Hall–Kier alpha value is -2.78. The number of carbonyl (C=O) groups is 3. The summed E-state index contributed by atoms with van der Waals surface area (Å²) in [4.78, 5) is 47.0. The predicted octanol–water partition coefficient (Wildman–Crippen LogP) is 1.72. The normalized spacial score (nSPS) is 22.7. The van der Waals surface area contributed by atoms with Crippen LogP contribution in [0, 0.1) is 0 Å². The number of hydrogen-bond donors (Lipinski definition) is 1. The first kappa shape index (κ1) is 29.7. The Bertz CT molecular complexity index is 1370. The molecule has 1 N–H and O–H groups in total. The van der Waals surface area contributed by atoms with E-state index in [9.17, 15) is 22.8 Å². The molecule has 15 heteroatoms. The van der Waals surface area contributed by atoms with Crippen LogP contribution in [0.25, 0.3) is 6.08 Å². The van der Waals surface area contributed by atoms with Gasteiger partial charge in [-0.1, -0.05) is 16.8 Å². The van der Waals surface area contributed by atoms with Crippen molar-refractivity contribution in [2.75, 3.05) is 52.4 Å². The van der Waals surface area contributed by atoms with Crippen molar-refractivity contribution < 1.29 is 27.3 Å². The number of likely N-dealkylation sites (tertiary alicyclic amines) is 2. The predicted molar refractivity (Wildman–Crippen MR) is 154 cm³/mol. The molecule has 0 aliphatic carbocycles. The molecule has 0 aromatic carbocycles. The zero-order valence-corrected chi connectivity index (χ0v) is 24.9. The molecule has 0 saturated carbocycles. The molecule has 3 fully saturated rings. The largest absolute Gasteiger partial charge is 0.351 e. The topological polar surface area (TPSA) is 136 Å². The van der Waals surface area contributed by atoms with E-state index in [2.05, 4.69) is 14.8 Å². The van der Waals surface area contributed by atoms with Gasteiger partial charge in [0.05, 0.1) is 17.1 Å². The highest BCUT2D eigenvalue weighted by Gasteiger charge is 2.36. The summed E-state index contributed by atoms with van der Waals surface area (Å²) in [6.45, 7) is 4.18. The van der Waals surface area contributed by atoms with Crippen LogP contribution in [-0.4, -0.2) is 115 Å². The first-order valence-electron chi connectivity index (χ1n) is 13.6. The van der Waals surface area contributed by atoms with Crippen molar-refractivity contribution in [3.05, 3.63) is 44.8 Å². The van der Waals surface area contributed by atoms with Gasteiger partial charge in [-0.3, -0.25) is 19.3 Å². The van der Waals surface area contributed by atoms with E-state index in [0.29, 0.717) is 67.9 Å². The lowest BCUT2D eigenvalue weighted by atomic mass is 10.1. The molecule has 3 amide bonds. The highest BCUT2D eigenvalue weighted by atomic mass is 35.5. The van der Waals surface area contributed by atoms with Crippen LogP contribution in [0.5, 0.6) is 0 Å². The quantitative estimate of drug-likeness (QED) is 0.445. The second kappa shape index (κ2) is 13.0. The standard InChI is InChI=1S/C26H33ClN6O6S2/c27-23-6-5-20(40-23)8-16-41(37,38)29-21-4-2-10-32(25(21)35)18-24(34)33-11-1-3-19(33)17-30-12-14-31(15-13-30)26(36)22-7-9-28-39-22/h5-9,16,19,21,29H,1-4,10-15,17-18H2/b16-8+. The second-order valence-corrected chi connectivity index (χ2v) is 13.8. The summed E-state index contributed by atoms with van der Waals surface area (Å²) in [5.74, 6) is -0.453. The van der Waals surface area contributed by atoms with E-state index in [4.69, 9.17) is 16.1 Å². The van der Waals surface area contributed by atoms with Crippen LogP contribution in [0.2, 0.25) is 4.34 Å². The number of thiophene rings is 1. The third-order valence-electron chi connectivity index (χ3n) is 7.64. The Kier molecular flexibility index (Phi) is 9.44. The van der Waals surface area contributed by atoms with Gasteiger partial charge in [-0.2, -0.15) is 4.72 Å². The molecule has 41 heavy (non-hydrogen) atoms. The lowest BCUT2D eigenvalue weighted by Crippen LogP contribution is -2.56. The average molecular weight is 625 g/mol. The fraction of sp³-hybridized carbons (Fsp3) is 0.538. The summed E-state index contributed by atoms with van der Waals surface area (Å²) in [5.41, 5.74) is 0. The SMILES string of the molecule is O=C(c1ccno1)N1CCN(CC2CCCN2C(=O)CN2CCCC(NS(=O)(=O)/C=C/c3ccc(Cl)s3)C2=O)CC1. The highest BCUT2D eigenvalue weighted by molar-refractivity contribution is 7.92. The number of aromatic nitrogens is 1. The molecule has 5 rings (SSSR count). The van der Waals surface area contributed by atoms with Gasteiger partial charge in [-0.05, 0) is 43.9 Å². The number of sulfonamides is 1. The third-order valence-corrected chi connectivity index (χ3v) is 9.95. The second-order valence-electron chi connectivity index (χ2n) is 10.4. The first-order valence-corrected chi connectivity index (χ1v) is 16.4. The molecule has 3 saturated heterocycles. The monoisotopic (exact) mass is 624 g/mol. The van der Waals surface area contributed by atoms with Crippen molar-refractivity contribution in [2.45, 2.75) is 37.8 Å². The number of hydrogen-bond acceptors (Lipinski definition) is 9. The summed E-state index contributed by atoms with van der Waals surface area (Å²) >= 11 is 7.15. The fourth-order valence-corrected chi connectivity index (χ4v) is 7.61. The molecule has 3 aliphatic rings. The molecule has 3 aliphatic heterocycles. The average Bonchev–Trinajstić information content (AvgIpc) is 3.73. The number of piperidine rings is 1. The molecule has 2 atom stereocenters. The molecule has 2 aromatic heterocycles. The highest BCUT2D eigenvalue weighted by Crippen LogP contribution is 2.23. The molecule has 5 heterocycles. The van der Waals surface area contributed by atoms with Crippen LogP contribution >= 0.6 is 22.9 Å². The molecule has 0 spiro atoms. The molecule has 2 unspecified atom stereocenters. The van der Waals surface area contributed by atoms with Crippen molar-refractivity contribution in [2.24, 2.45) is 0 Å². The minimum Gasteiger partial charge on any atom is -0.351 e. The zero-order valence-electron chi connectivity index (χ0n) is 22.5. The van der Waals surface area contributed by atoms with Crippen LogP contribution in [-0.2, 0) is 19.6 Å². The van der Waals surface area contributed by atoms with Gasteiger partial charge in [0.15, 0.2) is 0 Å². The van der Waals surface area contributed by atoms with Gasteiger partial charge < -0.3 is 19.2 Å². The lowest BCUT2D eigenvalue weighted by Gasteiger charge is -2.38. The van der Waals surface area contributed by atoms with E-state index in [1.54, 1.807) is 23.1 Å². The van der Waals surface area contributed by atoms with E-state index in [-0.39, 0.29) is 36.1 Å². The smallest absolute Gasteiger partial charge is 0.292 e. The molecule has 12 nitrogen and oxygen atoms in total. The number of nitrogens with zero attached hydrogens (tertiary/aromatic N) is 5. The van der Waals surface area contributed by atoms with Gasteiger partial charge in [0.25, 0.3) is 5.91 Å². The maximum Gasteiger partial charge on any atom is 0.292 e. The van der Waals surface area contributed by atoms with Crippen LogP contribution < -0.4 is 4.72 Å². The van der Waals surface area contributed by atoms with Crippen molar-refractivity contribution in [1.29, 1.82) is 0 Å². The minimum atomic E-state index is -3.87. The summed E-state index contributed by atoms with van der Waals surface area (Å²) in [6, 6.07) is 4.07. The summed E-state index contributed by atoms with van der Waals surface area (Å²) in [6.07, 6.45) is 5.62. The van der Waals surface area contributed by atoms with Gasteiger partial charge in [0.2, 0.25) is 27.6 Å². The Labute approximate surface area is 247 Å². The van der Waals surface area contributed by atoms with E-state index >= 15 is 0 Å². The van der Waals surface area contributed by atoms with Crippen molar-refractivity contribution in [3.8, 4) is 0 Å². The lowest BCUT2D eigenvalue weighted by molar-refractivity contribution is -0.143. The van der Waals surface area contributed by atoms with Crippen molar-refractivity contribution >= 4 is 56.8 Å². The van der Waals surface area contributed by atoms with Crippen LogP contribution in [0.4, 0.5) is 0 Å². The van der Waals surface area contributed by atoms with Gasteiger partial charge in [-0.25, -0.2) is 8.42 Å². The fourth-order valence-electron chi connectivity index (χ4n) is 5.54. The third kappa shape index (κ3) is 7.55. The number of carbonyl (C=O) groups excluding carboxylic acids is 3. The van der Waals surface area contributed by atoms with Gasteiger partial charge in [-0.15, -0.1) is 11.3 Å². The molecule has 2 aromatic rings. The van der Waals surface area contributed by atoms with Gasteiger partial charge in [0.1, 0.15) is 6.04 Å². The number of nitrogens with one attached hydrogen (secondary N) is 1. The Morgan fingerprint density at radius 2 is 1.88 bits per heavy atom. The maximum atomic E-state index is 13.3.